The summed E-state index contributed by atoms with van der Waals surface area (Å²) in [5.74, 6) is -0.723. The lowest BCUT2D eigenvalue weighted by atomic mass is 10.2. The van der Waals surface area contributed by atoms with Crippen LogP contribution in [0.5, 0.6) is 0 Å². The average Bonchev–Trinajstić information content (AvgIpc) is 2.51. The van der Waals surface area contributed by atoms with Crippen molar-refractivity contribution in [2.24, 2.45) is 0 Å². The zero-order valence-electron chi connectivity index (χ0n) is 12.9. The lowest BCUT2D eigenvalue weighted by Crippen LogP contribution is -2.42. The van der Waals surface area contributed by atoms with E-state index < -0.39 is 28.2 Å². The standard InChI is InChI=1S/C14H19NO7S/c1-20-13(16)12(8-9-22-23(2,18)19)15-14(17)21-10-11-6-4-3-5-7-11/h3-7,12H,8-10H2,1-2H3,(H,15,17)/t12-/m0/s1. The first kappa shape index (κ1) is 18.9. The number of methoxy groups -OCH3 is 1. The minimum Gasteiger partial charge on any atom is -0.467 e. The molecule has 1 amide bonds. The minimum atomic E-state index is -3.62. The molecule has 1 rings (SSSR count). The fraction of sp³-hybridized carbons (Fsp3) is 0.429. The maximum Gasteiger partial charge on any atom is 0.408 e. The first-order chi connectivity index (χ1) is 10.8. The van der Waals surface area contributed by atoms with Gasteiger partial charge in [-0.3, -0.25) is 4.18 Å². The molecule has 0 radical (unpaired) electrons. The number of esters is 1. The fourth-order valence-corrected chi connectivity index (χ4v) is 2.01. The maximum absolute atomic E-state index is 11.7. The van der Waals surface area contributed by atoms with Crippen LogP contribution in [0.1, 0.15) is 12.0 Å². The van der Waals surface area contributed by atoms with Crippen LogP contribution >= 0.6 is 0 Å². The Hall–Kier alpha value is -2.13. The van der Waals surface area contributed by atoms with Crippen molar-refractivity contribution < 1.29 is 31.7 Å². The second-order valence-corrected chi connectivity index (χ2v) is 6.24. The van der Waals surface area contributed by atoms with E-state index in [1.165, 1.54) is 0 Å². The lowest BCUT2D eigenvalue weighted by molar-refractivity contribution is -0.143. The molecule has 0 aliphatic heterocycles. The van der Waals surface area contributed by atoms with Crippen LogP contribution in [0.2, 0.25) is 0 Å². The van der Waals surface area contributed by atoms with Crippen molar-refractivity contribution in [2.45, 2.75) is 19.1 Å². The van der Waals surface area contributed by atoms with Gasteiger partial charge in [0.25, 0.3) is 10.1 Å². The first-order valence-electron chi connectivity index (χ1n) is 6.71. The number of carbonyl (C=O) groups is 2. The number of alkyl carbamates (subject to hydrolysis) is 1. The molecule has 0 saturated carbocycles. The molecule has 1 atom stereocenters. The van der Waals surface area contributed by atoms with E-state index in [0.717, 1.165) is 18.9 Å². The van der Waals surface area contributed by atoms with Crippen LogP contribution in [0, 0.1) is 0 Å². The molecule has 0 aliphatic rings. The molecule has 0 saturated heterocycles. The molecule has 0 fully saturated rings. The van der Waals surface area contributed by atoms with Crippen LogP contribution in [0.4, 0.5) is 4.79 Å². The molecule has 0 unspecified atom stereocenters. The highest BCUT2D eigenvalue weighted by atomic mass is 32.2. The predicted molar refractivity (Wildman–Crippen MR) is 81.0 cm³/mol. The molecule has 1 aromatic carbocycles. The summed E-state index contributed by atoms with van der Waals surface area (Å²) in [5.41, 5.74) is 0.790. The molecule has 0 aliphatic carbocycles. The van der Waals surface area contributed by atoms with E-state index in [2.05, 4.69) is 14.2 Å². The Morgan fingerprint density at radius 2 is 1.87 bits per heavy atom. The average molecular weight is 345 g/mol. The molecule has 0 bridgehead atoms. The van der Waals surface area contributed by atoms with Crippen molar-refractivity contribution >= 4 is 22.2 Å². The molecule has 0 spiro atoms. The molecule has 1 N–H and O–H groups in total. The summed E-state index contributed by atoms with van der Waals surface area (Å²) in [4.78, 5) is 23.3. The van der Waals surface area contributed by atoms with E-state index in [9.17, 15) is 18.0 Å². The van der Waals surface area contributed by atoms with E-state index in [4.69, 9.17) is 4.74 Å². The van der Waals surface area contributed by atoms with E-state index >= 15 is 0 Å². The number of hydrogen-bond acceptors (Lipinski definition) is 7. The molecule has 128 valence electrons. The van der Waals surface area contributed by atoms with Gasteiger partial charge in [0, 0.05) is 6.42 Å². The minimum absolute atomic E-state index is 0.0421. The van der Waals surface area contributed by atoms with Gasteiger partial charge >= 0.3 is 12.1 Å². The SMILES string of the molecule is COC(=O)[C@H](CCOS(C)(=O)=O)NC(=O)OCc1ccccc1. The van der Waals surface area contributed by atoms with Crippen molar-refractivity contribution in [2.75, 3.05) is 20.0 Å². The van der Waals surface area contributed by atoms with Gasteiger partial charge in [-0.1, -0.05) is 30.3 Å². The number of nitrogens with one attached hydrogen (secondary N) is 1. The van der Waals surface area contributed by atoms with Gasteiger partial charge in [-0.25, -0.2) is 9.59 Å². The smallest absolute Gasteiger partial charge is 0.408 e. The highest BCUT2D eigenvalue weighted by molar-refractivity contribution is 7.85. The normalized spacial score (nSPS) is 12.3. The summed E-state index contributed by atoms with van der Waals surface area (Å²) in [6.45, 7) is -0.224. The number of carbonyl (C=O) groups excluding carboxylic acids is 2. The van der Waals surface area contributed by atoms with E-state index in [0.29, 0.717) is 0 Å². The number of rotatable bonds is 8. The van der Waals surface area contributed by atoms with Gasteiger partial charge in [0.05, 0.1) is 20.0 Å². The van der Waals surface area contributed by atoms with E-state index in [-0.39, 0.29) is 19.6 Å². The number of benzene rings is 1. The van der Waals surface area contributed by atoms with E-state index in [1.54, 1.807) is 24.3 Å². The van der Waals surface area contributed by atoms with Gasteiger partial charge in [0.2, 0.25) is 0 Å². The molecule has 23 heavy (non-hydrogen) atoms. The molecule has 8 nitrogen and oxygen atoms in total. The van der Waals surface area contributed by atoms with Crippen molar-refractivity contribution in [3.8, 4) is 0 Å². The zero-order chi connectivity index (χ0) is 17.3. The highest BCUT2D eigenvalue weighted by Gasteiger charge is 2.22. The Kier molecular flexibility index (Phi) is 7.49. The van der Waals surface area contributed by atoms with Gasteiger partial charge in [-0.15, -0.1) is 0 Å². The summed E-state index contributed by atoms with van der Waals surface area (Å²) in [6, 6.07) is 7.94. The number of hydrogen-bond donors (Lipinski definition) is 1. The highest BCUT2D eigenvalue weighted by Crippen LogP contribution is 2.03. The number of amides is 1. The van der Waals surface area contributed by atoms with Gasteiger partial charge in [0.1, 0.15) is 12.6 Å². The Morgan fingerprint density at radius 1 is 1.22 bits per heavy atom. The summed E-state index contributed by atoms with van der Waals surface area (Å²) in [7, 11) is -2.47. The van der Waals surface area contributed by atoms with Crippen LogP contribution in [0.25, 0.3) is 0 Å². The van der Waals surface area contributed by atoms with Crippen LogP contribution in [-0.4, -0.2) is 46.5 Å². The predicted octanol–water partition coefficient (Wildman–Crippen LogP) is 0.821. The summed E-state index contributed by atoms with van der Waals surface area (Å²) in [5, 5.41) is 2.31. The summed E-state index contributed by atoms with van der Waals surface area (Å²) in [6.07, 6.45) is 0.00521. The maximum atomic E-state index is 11.7. The molecule has 0 aromatic heterocycles. The Balaban J connectivity index is 2.48. The van der Waals surface area contributed by atoms with Crippen molar-refractivity contribution in [1.29, 1.82) is 0 Å². The quantitative estimate of drug-likeness (QED) is 0.549. The first-order valence-corrected chi connectivity index (χ1v) is 8.53. The number of ether oxygens (including phenoxy) is 2. The molecular formula is C14H19NO7S. The Labute approximate surface area is 134 Å². The summed E-state index contributed by atoms with van der Waals surface area (Å²) >= 11 is 0. The van der Waals surface area contributed by atoms with Crippen molar-refractivity contribution in [1.82, 2.24) is 5.32 Å². The molecule has 9 heteroatoms. The lowest BCUT2D eigenvalue weighted by Gasteiger charge is -2.16. The van der Waals surface area contributed by atoms with Gasteiger partial charge in [-0.05, 0) is 5.56 Å². The van der Waals surface area contributed by atoms with Crippen LogP contribution in [-0.2, 0) is 35.2 Å². The Morgan fingerprint density at radius 3 is 2.43 bits per heavy atom. The monoisotopic (exact) mass is 345 g/mol. The summed E-state index contributed by atoms with van der Waals surface area (Å²) < 4.78 is 35.8. The Bertz CT molecular complexity index is 615. The van der Waals surface area contributed by atoms with Crippen LogP contribution in [0.3, 0.4) is 0 Å². The van der Waals surface area contributed by atoms with Crippen molar-refractivity contribution in [3.05, 3.63) is 35.9 Å². The zero-order valence-corrected chi connectivity index (χ0v) is 13.7. The second-order valence-electron chi connectivity index (χ2n) is 4.60. The van der Waals surface area contributed by atoms with Gasteiger partial charge < -0.3 is 14.8 Å². The third kappa shape index (κ3) is 8.17. The van der Waals surface area contributed by atoms with Gasteiger partial charge in [-0.2, -0.15) is 8.42 Å². The van der Waals surface area contributed by atoms with Crippen LogP contribution in [0.15, 0.2) is 30.3 Å². The van der Waals surface area contributed by atoms with Crippen LogP contribution < -0.4 is 5.32 Å². The second kappa shape index (κ2) is 9.11. The van der Waals surface area contributed by atoms with E-state index in [1.807, 2.05) is 6.07 Å². The topological polar surface area (TPSA) is 108 Å². The van der Waals surface area contributed by atoms with Crippen molar-refractivity contribution in [3.63, 3.8) is 0 Å². The fourth-order valence-electron chi connectivity index (χ4n) is 1.62. The third-order valence-corrected chi connectivity index (χ3v) is 3.29. The largest absolute Gasteiger partial charge is 0.467 e. The molecule has 0 heterocycles. The van der Waals surface area contributed by atoms with Gasteiger partial charge in [0.15, 0.2) is 0 Å². The molecular weight excluding hydrogens is 326 g/mol. The molecule has 1 aromatic rings. The third-order valence-electron chi connectivity index (χ3n) is 2.69.